The highest BCUT2D eigenvalue weighted by Gasteiger charge is 2.32. The second-order valence-electron chi connectivity index (χ2n) is 3.47. The molecule has 0 amide bonds. The Labute approximate surface area is 62.2 Å². The standard InChI is InChI=1S/C9H13N/c1-2-7-5-8-3-4-9(6-7)10-8/h1,7-10H,3-6H2/t7?,8-,9+. The lowest BCUT2D eigenvalue weighted by Crippen LogP contribution is -2.37. The molecule has 1 nitrogen and oxygen atoms in total. The molecule has 0 aliphatic carbocycles. The number of hydrogen-bond donors (Lipinski definition) is 1. The summed E-state index contributed by atoms with van der Waals surface area (Å²) in [5.41, 5.74) is 0. The second kappa shape index (κ2) is 2.29. The molecule has 10 heavy (non-hydrogen) atoms. The summed E-state index contributed by atoms with van der Waals surface area (Å²) in [6, 6.07) is 1.50. The van der Waals surface area contributed by atoms with Crippen molar-refractivity contribution in [2.24, 2.45) is 5.92 Å². The zero-order valence-electron chi connectivity index (χ0n) is 6.14. The van der Waals surface area contributed by atoms with Crippen molar-refractivity contribution in [1.82, 2.24) is 5.32 Å². The van der Waals surface area contributed by atoms with Crippen LogP contribution in [-0.4, -0.2) is 12.1 Å². The lowest BCUT2D eigenvalue weighted by molar-refractivity contribution is 0.352. The highest BCUT2D eigenvalue weighted by atomic mass is 15.0. The Kier molecular flexibility index (Phi) is 1.43. The number of rotatable bonds is 0. The summed E-state index contributed by atoms with van der Waals surface area (Å²) in [5.74, 6) is 3.43. The molecule has 2 saturated heterocycles. The Morgan fingerprint density at radius 1 is 1.20 bits per heavy atom. The molecule has 0 spiro atoms. The van der Waals surface area contributed by atoms with Gasteiger partial charge in [0.25, 0.3) is 0 Å². The van der Waals surface area contributed by atoms with Crippen LogP contribution in [0.3, 0.4) is 0 Å². The summed E-state index contributed by atoms with van der Waals surface area (Å²) in [4.78, 5) is 0. The van der Waals surface area contributed by atoms with Crippen LogP contribution in [0, 0.1) is 18.3 Å². The van der Waals surface area contributed by atoms with Crippen LogP contribution in [0.5, 0.6) is 0 Å². The van der Waals surface area contributed by atoms with Gasteiger partial charge < -0.3 is 5.32 Å². The predicted octanol–water partition coefficient (Wildman–Crippen LogP) is 1.15. The van der Waals surface area contributed by atoms with E-state index < -0.39 is 0 Å². The molecule has 2 aliphatic rings. The first-order valence-electron chi connectivity index (χ1n) is 4.10. The van der Waals surface area contributed by atoms with Crippen molar-refractivity contribution in [2.45, 2.75) is 37.8 Å². The average Bonchev–Trinajstić information content (AvgIpc) is 2.30. The summed E-state index contributed by atoms with van der Waals surface area (Å²) in [6.07, 6.45) is 10.5. The van der Waals surface area contributed by atoms with Gasteiger partial charge in [-0.05, 0) is 25.7 Å². The van der Waals surface area contributed by atoms with Gasteiger partial charge in [-0.3, -0.25) is 0 Å². The van der Waals surface area contributed by atoms with Crippen LogP contribution in [0.1, 0.15) is 25.7 Å². The van der Waals surface area contributed by atoms with Gasteiger partial charge >= 0.3 is 0 Å². The van der Waals surface area contributed by atoms with Gasteiger partial charge in [0, 0.05) is 18.0 Å². The molecule has 1 unspecified atom stereocenters. The van der Waals surface area contributed by atoms with Gasteiger partial charge in [0.05, 0.1) is 0 Å². The minimum atomic E-state index is 0.568. The SMILES string of the molecule is C#CC1C[C@H]2CC[C@@H](C1)N2. The Morgan fingerprint density at radius 3 is 2.30 bits per heavy atom. The highest BCUT2D eigenvalue weighted by Crippen LogP contribution is 2.29. The maximum atomic E-state index is 5.38. The van der Waals surface area contributed by atoms with Crippen molar-refractivity contribution < 1.29 is 0 Å². The number of piperidine rings is 1. The molecule has 2 fully saturated rings. The van der Waals surface area contributed by atoms with Gasteiger partial charge in [-0.15, -0.1) is 12.3 Å². The van der Waals surface area contributed by atoms with Gasteiger partial charge in [-0.1, -0.05) is 0 Å². The van der Waals surface area contributed by atoms with E-state index in [0.717, 1.165) is 12.1 Å². The smallest absolute Gasteiger partial charge is 0.0229 e. The fourth-order valence-corrected chi connectivity index (χ4v) is 2.19. The summed E-state index contributed by atoms with van der Waals surface area (Å²) in [6.45, 7) is 0. The van der Waals surface area contributed by atoms with E-state index in [4.69, 9.17) is 6.42 Å². The van der Waals surface area contributed by atoms with Crippen molar-refractivity contribution in [1.29, 1.82) is 0 Å². The monoisotopic (exact) mass is 135 g/mol. The Hall–Kier alpha value is -0.480. The summed E-state index contributed by atoms with van der Waals surface area (Å²) >= 11 is 0. The zero-order chi connectivity index (χ0) is 6.97. The molecular weight excluding hydrogens is 122 g/mol. The molecule has 54 valence electrons. The highest BCUT2D eigenvalue weighted by molar-refractivity contribution is 5.03. The van der Waals surface area contributed by atoms with E-state index in [1.54, 1.807) is 0 Å². The van der Waals surface area contributed by atoms with Crippen LogP contribution in [-0.2, 0) is 0 Å². The van der Waals surface area contributed by atoms with E-state index in [-0.39, 0.29) is 0 Å². The Bertz CT molecular complexity index is 156. The van der Waals surface area contributed by atoms with Crippen LogP contribution in [0.4, 0.5) is 0 Å². The molecule has 2 rings (SSSR count). The van der Waals surface area contributed by atoms with Crippen LogP contribution in [0.2, 0.25) is 0 Å². The minimum Gasteiger partial charge on any atom is -0.311 e. The van der Waals surface area contributed by atoms with E-state index in [9.17, 15) is 0 Å². The molecule has 0 saturated carbocycles. The van der Waals surface area contributed by atoms with Crippen LogP contribution < -0.4 is 5.32 Å². The first-order chi connectivity index (χ1) is 4.88. The van der Waals surface area contributed by atoms with E-state index in [2.05, 4.69) is 11.2 Å². The van der Waals surface area contributed by atoms with Gasteiger partial charge in [0.2, 0.25) is 0 Å². The van der Waals surface area contributed by atoms with Crippen molar-refractivity contribution in [3.05, 3.63) is 0 Å². The lowest BCUT2D eigenvalue weighted by Gasteiger charge is -2.25. The van der Waals surface area contributed by atoms with Crippen LogP contribution in [0.15, 0.2) is 0 Å². The van der Waals surface area contributed by atoms with Gasteiger partial charge in [0.1, 0.15) is 0 Å². The maximum Gasteiger partial charge on any atom is 0.0229 e. The molecular formula is C9H13N. The second-order valence-corrected chi connectivity index (χ2v) is 3.47. The summed E-state index contributed by atoms with van der Waals surface area (Å²) in [5, 5.41) is 3.56. The number of fused-ring (bicyclic) bond motifs is 2. The topological polar surface area (TPSA) is 12.0 Å². The van der Waals surface area contributed by atoms with E-state index in [0.29, 0.717) is 5.92 Å². The molecule has 2 heterocycles. The van der Waals surface area contributed by atoms with Crippen molar-refractivity contribution in [3.8, 4) is 12.3 Å². The Morgan fingerprint density at radius 2 is 1.80 bits per heavy atom. The third kappa shape index (κ3) is 0.932. The first-order valence-corrected chi connectivity index (χ1v) is 4.10. The molecule has 0 aromatic rings. The van der Waals surface area contributed by atoms with E-state index in [1.165, 1.54) is 25.7 Å². The molecule has 2 aliphatic heterocycles. The van der Waals surface area contributed by atoms with Crippen molar-refractivity contribution in [3.63, 3.8) is 0 Å². The van der Waals surface area contributed by atoms with Crippen LogP contribution in [0.25, 0.3) is 0 Å². The Balaban J connectivity index is 2.04. The third-order valence-electron chi connectivity index (χ3n) is 2.71. The molecule has 1 N–H and O–H groups in total. The fraction of sp³-hybridized carbons (Fsp3) is 0.778. The molecule has 0 aromatic carbocycles. The van der Waals surface area contributed by atoms with Gasteiger partial charge in [0.15, 0.2) is 0 Å². The summed E-state index contributed by atoms with van der Waals surface area (Å²) < 4.78 is 0. The van der Waals surface area contributed by atoms with Gasteiger partial charge in [-0.2, -0.15) is 0 Å². The largest absolute Gasteiger partial charge is 0.311 e. The summed E-state index contributed by atoms with van der Waals surface area (Å²) in [7, 11) is 0. The zero-order valence-corrected chi connectivity index (χ0v) is 6.14. The molecule has 0 aromatic heterocycles. The molecule has 2 bridgehead atoms. The van der Waals surface area contributed by atoms with E-state index in [1.807, 2.05) is 0 Å². The van der Waals surface area contributed by atoms with Gasteiger partial charge in [-0.25, -0.2) is 0 Å². The number of hydrogen-bond acceptors (Lipinski definition) is 1. The predicted molar refractivity (Wildman–Crippen MR) is 41.5 cm³/mol. The maximum absolute atomic E-state index is 5.38. The molecule has 0 radical (unpaired) electrons. The fourth-order valence-electron chi connectivity index (χ4n) is 2.19. The normalized spacial score (nSPS) is 44.9. The number of terminal acetylenes is 1. The van der Waals surface area contributed by atoms with Crippen LogP contribution >= 0.6 is 0 Å². The number of nitrogens with one attached hydrogen (secondary N) is 1. The molecule has 3 atom stereocenters. The van der Waals surface area contributed by atoms with Crippen molar-refractivity contribution in [2.75, 3.05) is 0 Å². The van der Waals surface area contributed by atoms with E-state index >= 15 is 0 Å². The quantitative estimate of drug-likeness (QED) is 0.491. The minimum absolute atomic E-state index is 0.568. The lowest BCUT2D eigenvalue weighted by atomic mass is 9.93. The third-order valence-corrected chi connectivity index (χ3v) is 2.71. The first kappa shape index (κ1) is 6.24. The molecule has 1 heteroatoms. The average molecular weight is 135 g/mol. The van der Waals surface area contributed by atoms with Crippen molar-refractivity contribution >= 4 is 0 Å².